The predicted octanol–water partition coefficient (Wildman–Crippen LogP) is 4.01. The molecule has 2 aliphatic rings. The van der Waals surface area contributed by atoms with Gasteiger partial charge in [-0.1, -0.05) is 36.5 Å². The lowest BCUT2D eigenvalue weighted by atomic mass is 10.0. The van der Waals surface area contributed by atoms with E-state index < -0.39 is 0 Å². The molecule has 12 heavy (non-hydrogen) atoms. The highest BCUT2D eigenvalue weighted by molar-refractivity contribution is 5.17. The Morgan fingerprint density at radius 2 is 1.83 bits per heavy atom. The number of hydrogen-bond acceptors (Lipinski definition) is 0. The summed E-state index contributed by atoms with van der Waals surface area (Å²) in [5.74, 6) is 0. The first-order valence-electron chi connectivity index (χ1n) is 4.81. The third kappa shape index (κ3) is 4.17. The maximum Gasteiger partial charge on any atom is -0.0282 e. The highest BCUT2D eigenvalue weighted by Gasteiger charge is 2.04. The number of allylic oxidation sites excluding steroid dienone is 4. The van der Waals surface area contributed by atoms with Gasteiger partial charge in [-0.15, -0.1) is 0 Å². The minimum Gasteiger partial charge on any atom is -0.0998 e. The monoisotopic (exact) mass is 162 g/mol. The Morgan fingerprint density at radius 1 is 1.17 bits per heavy atom. The summed E-state index contributed by atoms with van der Waals surface area (Å²) in [6.45, 7) is 7.38. The smallest absolute Gasteiger partial charge is 0.0282 e. The van der Waals surface area contributed by atoms with E-state index in [0.717, 1.165) is 0 Å². The van der Waals surface area contributed by atoms with Crippen molar-refractivity contribution >= 4 is 0 Å². The summed E-state index contributed by atoms with van der Waals surface area (Å²) in [7, 11) is 0. The highest BCUT2D eigenvalue weighted by atomic mass is 14.1. The molecule has 66 valence electrons. The standard InChI is InChI=1S/C8H12.C4H6/c1-2-8-6-4-3-5-7-8;1-4-2-3-4/h2,6H,1,3-5,7H2;1-3H2. The summed E-state index contributed by atoms with van der Waals surface area (Å²) in [6.07, 6.45) is 12.1. The van der Waals surface area contributed by atoms with Crippen LogP contribution in [0.3, 0.4) is 0 Å². The molecule has 0 aromatic carbocycles. The fourth-order valence-electron chi connectivity index (χ4n) is 1.14. The summed E-state index contributed by atoms with van der Waals surface area (Å²) < 4.78 is 0. The number of hydrogen-bond donors (Lipinski definition) is 0. The van der Waals surface area contributed by atoms with E-state index >= 15 is 0 Å². The van der Waals surface area contributed by atoms with Crippen molar-refractivity contribution in [2.24, 2.45) is 0 Å². The van der Waals surface area contributed by atoms with Gasteiger partial charge >= 0.3 is 0 Å². The summed E-state index contributed by atoms with van der Waals surface area (Å²) >= 11 is 0. The maximum absolute atomic E-state index is 3.72. The van der Waals surface area contributed by atoms with Gasteiger partial charge in [-0.3, -0.25) is 0 Å². The Morgan fingerprint density at radius 3 is 2.08 bits per heavy atom. The first-order chi connectivity index (χ1) is 5.83. The summed E-state index contributed by atoms with van der Waals surface area (Å²) in [5, 5.41) is 0. The molecule has 1 fully saturated rings. The van der Waals surface area contributed by atoms with Crippen LogP contribution in [-0.2, 0) is 0 Å². The van der Waals surface area contributed by atoms with Gasteiger partial charge in [0, 0.05) is 0 Å². The van der Waals surface area contributed by atoms with Crippen LogP contribution < -0.4 is 0 Å². The summed E-state index contributed by atoms with van der Waals surface area (Å²) in [6, 6.07) is 0. The zero-order valence-electron chi connectivity index (χ0n) is 7.81. The molecule has 0 radical (unpaired) electrons. The lowest BCUT2D eigenvalue weighted by Crippen LogP contribution is -1.86. The van der Waals surface area contributed by atoms with Crippen LogP contribution in [0.4, 0.5) is 0 Å². The molecule has 0 unspecified atom stereocenters. The largest absolute Gasteiger partial charge is 0.0998 e. The summed E-state index contributed by atoms with van der Waals surface area (Å²) in [5.41, 5.74) is 2.86. The Bertz CT molecular complexity index is 190. The van der Waals surface area contributed by atoms with E-state index in [1.807, 2.05) is 6.08 Å². The molecule has 1 saturated carbocycles. The van der Waals surface area contributed by atoms with Crippen molar-refractivity contribution in [1.29, 1.82) is 0 Å². The Hall–Kier alpha value is -0.780. The first-order valence-corrected chi connectivity index (χ1v) is 4.81. The summed E-state index contributed by atoms with van der Waals surface area (Å²) in [4.78, 5) is 0. The molecule has 0 saturated heterocycles. The quantitative estimate of drug-likeness (QED) is 0.511. The second-order valence-electron chi connectivity index (χ2n) is 3.48. The van der Waals surface area contributed by atoms with E-state index in [-0.39, 0.29) is 0 Å². The van der Waals surface area contributed by atoms with E-state index in [0.29, 0.717) is 0 Å². The van der Waals surface area contributed by atoms with E-state index in [4.69, 9.17) is 0 Å². The molecule has 0 N–H and O–H groups in total. The van der Waals surface area contributed by atoms with Crippen molar-refractivity contribution in [2.75, 3.05) is 0 Å². The van der Waals surface area contributed by atoms with Gasteiger partial charge in [0.15, 0.2) is 0 Å². The third-order valence-corrected chi connectivity index (χ3v) is 2.19. The first kappa shape index (κ1) is 9.31. The van der Waals surface area contributed by atoms with Gasteiger partial charge in [0.2, 0.25) is 0 Å². The molecule has 0 aromatic rings. The van der Waals surface area contributed by atoms with Crippen molar-refractivity contribution < 1.29 is 0 Å². The Balaban J connectivity index is 0.000000150. The average Bonchev–Trinajstić information content (AvgIpc) is 2.90. The Kier molecular flexibility index (Phi) is 3.86. The fourth-order valence-corrected chi connectivity index (χ4v) is 1.14. The van der Waals surface area contributed by atoms with E-state index in [9.17, 15) is 0 Å². The second kappa shape index (κ2) is 4.97. The van der Waals surface area contributed by atoms with Crippen molar-refractivity contribution in [3.05, 3.63) is 36.5 Å². The van der Waals surface area contributed by atoms with Crippen LogP contribution in [0.25, 0.3) is 0 Å². The molecule has 0 amide bonds. The van der Waals surface area contributed by atoms with Gasteiger partial charge in [0.25, 0.3) is 0 Å². The molecule has 0 aliphatic heterocycles. The SMILES string of the molecule is C=C1CC1.C=CC1=CCCCC1. The van der Waals surface area contributed by atoms with Gasteiger partial charge in [0.1, 0.15) is 0 Å². The van der Waals surface area contributed by atoms with Crippen molar-refractivity contribution in [1.82, 2.24) is 0 Å². The van der Waals surface area contributed by atoms with Crippen LogP contribution in [0.1, 0.15) is 38.5 Å². The van der Waals surface area contributed by atoms with Crippen molar-refractivity contribution in [3.8, 4) is 0 Å². The molecule has 0 bridgehead atoms. The van der Waals surface area contributed by atoms with E-state index in [1.165, 1.54) is 49.7 Å². The van der Waals surface area contributed by atoms with Crippen molar-refractivity contribution in [2.45, 2.75) is 38.5 Å². The van der Waals surface area contributed by atoms with Gasteiger partial charge in [-0.2, -0.15) is 0 Å². The zero-order valence-corrected chi connectivity index (χ0v) is 7.81. The Labute approximate surface area is 75.7 Å². The topological polar surface area (TPSA) is 0 Å². The number of rotatable bonds is 1. The molecule has 0 nitrogen and oxygen atoms in total. The molecular formula is C12H18. The van der Waals surface area contributed by atoms with Crippen molar-refractivity contribution in [3.63, 3.8) is 0 Å². The molecule has 0 heteroatoms. The molecular weight excluding hydrogens is 144 g/mol. The average molecular weight is 162 g/mol. The molecule has 2 aliphatic carbocycles. The maximum atomic E-state index is 3.72. The zero-order chi connectivity index (χ0) is 8.81. The minimum atomic E-state index is 1.25. The third-order valence-electron chi connectivity index (χ3n) is 2.19. The van der Waals surface area contributed by atoms with Gasteiger partial charge in [-0.25, -0.2) is 0 Å². The normalized spacial score (nSPS) is 20.3. The van der Waals surface area contributed by atoms with Crippen LogP contribution in [0.15, 0.2) is 36.5 Å². The fraction of sp³-hybridized carbons (Fsp3) is 0.500. The lowest BCUT2D eigenvalue weighted by molar-refractivity contribution is 0.712. The van der Waals surface area contributed by atoms with Crippen LogP contribution >= 0.6 is 0 Å². The van der Waals surface area contributed by atoms with E-state index in [2.05, 4.69) is 19.2 Å². The molecule has 0 spiro atoms. The van der Waals surface area contributed by atoms with Gasteiger partial charge in [-0.05, 0) is 38.5 Å². The minimum absolute atomic E-state index is 1.25. The molecule has 0 heterocycles. The molecule has 0 atom stereocenters. The second-order valence-corrected chi connectivity index (χ2v) is 3.48. The van der Waals surface area contributed by atoms with Crippen LogP contribution in [0.2, 0.25) is 0 Å². The van der Waals surface area contributed by atoms with Gasteiger partial charge in [0.05, 0.1) is 0 Å². The highest BCUT2D eigenvalue weighted by Crippen LogP contribution is 2.23. The predicted molar refractivity (Wildman–Crippen MR) is 55.1 cm³/mol. The van der Waals surface area contributed by atoms with Gasteiger partial charge < -0.3 is 0 Å². The lowest BCUT2D eigenvalue weighted by Gasteiger charge is -2.06. The van der Waals surface area contributed by atoms with Crippen LogP contribution in [0, 0.1) is 0 Å². The molecule has 0 aromatic heterocycles. The molecule has 2 rings (SSSR count). The van der Waals surface area contributed by atoms with E-state index in [1.54, 1.807) is 0 Å². The van der Waals surface area contributed by atoms with Crippen LogP contribution in [-0.4, -0.2) is 0 Å². The van der Waals surface area contributed by atoms with Crippen LogP contribution in [0.5, 0.6) is 0 Å².